The summed E-state index contributed by atoms with van der Waals surface area (Å²) in [6.07, 6.45) is 3.40. The summed E-state index contributed by atoms with van der Waals surface area (Å²) < 4.78 is 12.0. The lowest BCUT2D eigenvalue weighted by Gasteiger charge is -2.18. The van der Waals surface area contributed by atoms with E-state index in [0.717, 1.165) is 11.1 Å². The molecule has 25 heavy (non-hydrogen) atoms. The van der Waals surface area contributed by atoms with Gasteiger partial charge in [-0.1, -0.05) is 12.1 Å². The molecule has 1 heterocycles. The molecular weight excluding hydrogens is 334 g/mol. The number of rotatable bonds is 5. The van der Waals surface area contributed by atoms with Gasteiger partial charge in [0.25, 0.3) is 0 Å². The average Bonchev–Trinajstić information content (AvgIpc) is 2.55. The highest BCUT2D eigenvalue weighted by Gasteiger charge is 2.19. The first-order chi connectivity index (χ1) is 11.8. The van der Waals surface area contributed by atoms with Crippen molar-refractivity contribution in [2.24, 2.45) is 0 Å². The number of urea groups is 1. The van der Waals surface area contributed by atoms with Gasteiger partial charge in [-0.3, -0.25) is 9.19 Å². The van der Waals surface area contributed by atoms with Crippen molar-refractivity contribution in [2.75, 3.05) is 5.32 Å². The minimum Gasteiger partial charge on any atom is -0.331 e. The first-order valence-corrected chi connectivity index (χ1v) is 9.52. The maximum atomic E-state index is 12.3. The fraction of sp³-hybridized carbons (Fsp3) is 0.368. The van der Waals surface area contributed by atoms with Crippen LogP contribution < -0.4 is 10.6 Å². The first-order valence-electron chi connectivity index (χ1n) is 8.20. The molecular formula is C19H25N3O2S. The normalized spacial score (nSPS) is 13.8. The molecule has 0 saturated carbocycles. The third-order valence-corrected chi connectivity index (χ3v) is 5.68. The van der Waals surface area contributed by atoms with Crippen molar-refractivity contribution in [3.05, 3.63) is 59.9 Å². The van der Waals surface area contributed by atoms with Gasteiger partial charge in [0, 0.05) is 39.4 Å². The van der Waals surface area contributed by atoms with Gasteiger partial charge in [0.15, 0.2) is 0 Å². The van der Waals surface area contributed by atoms with E-state index in [9.17, 15) is 9.00 Å². The van der Waals surface area contributed by atoms with Crippen molar-refractivity contribution in [1.82, 2.24) is 10.3 Å². The van der Waals surface area contributed by atoms with Gasteiger partial charge in [-0.25, -0.2) is 4.79 Å². The lowest BCUT2D eigenvalue weighted by atomic mass is 10.1. The zero-order chi connectivity index (χ0) is 18.4. The van der Waals surface area contributed by atoms with E-state index in [4.69, 9.17) is 0 Å². The molecule has 1 aromatic heterocycles. The predicted octanol–water partition coefficient (Wildman–Crippen LogP) is 4.01. The number of aromatic nitrogens is 1. The molecule has 2 amide bonds. The maximum Gasteiger partial charge on any atom is 0.319 e. The Hall–Kier alpha value is -2.21. The van der Waals surface area contributed by atoms with Crippen LogP contribution in [0.15, 0.2) is 48.8 Å². The zero-order valence-electron chi connectivity index (χ0n) is 15.1. The number of amides is 2. The Bertz CT molecular complexity index is 742. The Balaban J connectivity index is 1.97. The lowest BCUT2D eigenvalue weighted by molar-refractivity contribution is 0.249. The number of carbonyl (C=O) groups is 1. The predicted molar refractivity (Wildman–Crippen MR) is 103 cm³/mol. The Morgan fingerprint density at radius 2 is 1.88 bits per heavy atom. The van der Waals surface area contributed by atoms with Crippen LogP contribution in [-0.4, -0.2) is 20.0 Å². The molecule has 5 nitrogen and oxygen atoms in total. The zero-order valence-corrected chi connectivity index (χ0v) is 15.9. The summed E-state index contributed by atoms with van der Waals surface area (Å²) in [5.74, 6) is 0.466. The summed E-state index contributed by atoms with van der Waals surface area (Å²) in [7, 11) is -0.978. The van der Waals surface area contributed by atoms with Crippen LogP contribution in [0.2, 0.25) is 0 Å². The molecule has 1 aromatic carbocycles. The van der Waals surface area contributed by atoms with Crippen LogP contribution in [0.4, 0.5) is 10.5 Å². The van der Waals surface area contributed by atoms with Gasteiger partial charge in [-0.15, -0.1) is 0 Å². The molecule has 0 saturated heterocycles. The summed E-state index contributed by atoms with van der Waals surface area (Å²) in [4.78, 5) is 16.2. The molecule has 0 radical (unpaired) electrons. The third kappa shape index (κ3) is 5.98. The lowest BCUT2D eigenvalue weighted by Crippen LogP contribution is -2.31. The van der Waals surface area contributed by atoms with Gasteiger partial charge in [0.05, 0.1) is 6.04 Å². The second kappa shape index (κ2) is 8.25. The van der Waals surface area contributed by atoms with E-state index in [2.05, 4.69) is 15.6 Å². The van der Waals surface area contributed by atoms with Crippen molar-refractivity contribution in [2.45, 2.75) is 44.2 Å². The molecule has 0 aliphatic carbocycles. The van der Waals surface area contributed by atoms with Gasteiger partial charge in [-0.2, -0.15) is 0 Å². The van der Waals surface area contributed by atoms with E-state index in [1.165, 1.54) is 0 Å². The van der Waals surface area contributed by atoms with E-state index in [0.29, 0.717) is 11.4 Å². The van der Waals surface area contributed by atoms with Gasteiger partial charge in [0.2, 0.25) is 0 Å². The Morgan fingerprint density at radius 1 is 1.20 bits per heavy atom. The molecule has 0 fully saturated rings. The summed E-state index contributed by atoms with van der Waals surface area (Å²) in [5, 5.41) is 5.72. The van der Waals surface area contributed by atoms with Crippen LogP contribution in [0, 0.1) is 0 Å². The number of carbonyl (C=O) groups excluding carboxylic acids is 1. The van der Waals surface area contributed by atoms with Crippen LogP contribution in [0.3, 0.4) is 0 Å². The third-order valence-electron chi connectivity index (χ3n) is 3.72. The highest BCUT2D eigenvalue weighted by molar-refractivity contribution is 7.85. The van der Waals surface area contributed by atoms with E-state index >= 15 is 0 Å². The largest absolute Gasteiger partial charge is 0.331 e. The highest BCUT2D eigenvalue weighted by Crippen LogP contribution is 2.19. The van der Waals surface area contributed by atoms with E-state index in [1.54, 1.807) is 12.4 Å². The number of pyridine rings is 1. The average molecular weight is 359 g/mol. The molecule has 134 valence electrons. The molecule has 0 aliphatic heterocycles. The van der Waals surface area contributed by atoms with Crippen LogP contribution in [0.1, 0.15) is 44.9 Å². The van der Waals surface area contributed by atoms with Crippen LogP contribution >= 0.6 is 0 Å². The van der Waals surface area contributed by atoms with Crippen molar-refractivity contribution in [3.8, 4) is 0 Å². The number of nitrogens with one attached hydrogen (secondary N) is 2. The number of benzene rings is 1. The van der Waals surface area contributed by atoms with Crippen molar-refractivity contribution >= 4 is 22.5 Å². The Labute approximate surface area is 151 Å². The van der Waals surface area contributed by atoms with Crippen LogP contribution in [0.5, 0.6) is 0 Å². The number of anilines is 1. The number of hydrogen-bond acceptors (Lipinski definition) is 3. The molecule has 2 atom stereocenters. The molecule has 6 heteroatoms. The second-order valence-corrected chi connectivity index (χ2v) is 9.11. The van der Waals surface area contributed by atoms with Gasteiger partial charge < -0.3 is 10.6 Å². The maximum absolute atomic E-state index is 12.3. The van der Waals surface area contributed by atoms with Gasteiger partial charge >= 0.3 is 6.03 Å². The number of hydrogen-bond donors (Lipinski definition) is 2. The smallest absolute Gasteiger partial charge is 0.319 e. The Morgan fingerprint density at radius 3 is 2.52 bits per heavy atom. The molecule has 0 bridgehead atoms. The fourth-order valence-corrected chi connectivity index (χ4v) is 3.12. The summed E-state index contributed by atoms with van der Waals surface area (Å²) in [5.41, 5.74) is 2.61. The van der Waals surface area contributed by atoms with Gasteiger partial charge in [-0.05, 0) is 63.1 Å². The first kappa shape index (κ1) is 19.1. The molecule has 2 unspecified atom stereocenters. The quantitative estimate of drug-likeness (QED) is 0.847. The van der Waals surface area contributed by atoms with E-state index in [1.807, 2.05) is 64.1 Å². The fourth-order valence-electron chi connectivity index (χ4n) is 2.21. The minimum atomic E-state index is -0.978. The molecule has 2 aromatic rings. The molecule has 2 rings (SSSR count). The van der Waals surface area contributed by atoms with Gasteiger partial charge in [0.1, 0.15) is 0 Å². The summed E-state index contributed by atoms with van der Waals surface area (Å²) >= 11 is 0. The SMILES string of the molecule is CC(NC(=O)Nc1cccc(CS(=O)C(C)(C)C)c1)c1ccncc1. The van der Waals surface area contributed by atoms with Crippen molar-refractivity contribution < 1.29 is 9.00 Å². The monoisotopic (exact) mass is 359 g/mol. The minimum absolute atomic E-state index is 0.125. The highest BCUT2D eigenvalue weighted by atomic mass is 32.2. The summed E-state index contributed by atoms with van der Waals surface area (Å²) in [6.45, 7) is 7.79. The standard InChI is InChI=1S/C19H25N3O2S/c1-14(16-8-10-20-11-9-16)21-18(23)22-17-7-5-6-15(12-17)13-25(24)19(2,3)4/h5-12,14H,13H2,1-4H3,(H2,21,22,23). The number of nitrogens with zero attached hydrogens (tertiary/aromatic N) is 1. The van der Waals surface area contributed by atoms with Crippen LogP contribution in [0.25, 0.3) is 0 Å². The summed E-state index contributed by atoms with van der Waals surface area (Å²) in [6, 6.07) is 10.8. The van der Waals surface area contributed by atoms with E-state index in [-0.39, 0.29) is 16.8 Å². The molecule has 0 aliphatic rings. The van der Waals surface area contributed by atoms with E-state index < -0.39 is 10.8 Å². The topological polar surface area (TPSA) is 71.1 Å². The second-order valence-electron chi connectivity index (χ2n) is 6.90. The Kier molecular flexibility index (Phi) is 6.31. The molecule has 2 N–H and O–H groups in total. The molecule has 0 spiro atoms. The van der Waals surface area contributed by atoms with Crippen LogP contribution in [-0.2, 0) is 16.6 Å². The van der Waals surface area contributed by atoms with Crippen molar-refractivity contribution in [3.63, 3.8) is 0 Å². The van der Waals surface area contributed by atoms with Crippen molar-refractivity contribution in [1.29, 1.82) is 0 Å².